The molecule has 0 radical (unpaired) electrons. The maximum absolute atomic E-state index is 9.05. The quantitative estimate of drug-likeness (QED) is 0.643. The lowest BCUT2D eigenvalue weighted by Gasteiger charge is -2.33. The fourth-order valence-corrected chi connectivity index (χ4v) is 2.82. The van der Waals surface area contributed by atoms with Crippen molar-refractivity contribution in [3.8, 4) is 0 Å². The molecule has 0 aliphatic carbocycles. The van der Waals surface area contributed by atoms with E-state index in [0.717, 1.165) is 49.5 Å². The number of oxime groups is 1. The van der Waals surface area contributed by atoms with Crippen molar-refractivity contribution in [3.05, 3.63) is 29.8 Å². The number of para-hydroxylation sites is 1. The SMILES string of the molecule is ON=C1CCN(CC2CCCO2)c2ccccc21. The van der Waals surface area contributed by atoms with Crippen LogP contribution in [0, 0.1) is 0 Å². The molecule has 0 amide bonds. The number of fused-ring (bicyclic) bond motifs is 1. The molecule has 1 aromatic carbocycles. The average Bonchev–Trinajstić information content (AvgIpc) is 2.92. The molecule has 1 unspecified atom stereocenters. The molecule has 2 heterocycles. The second-order valence-corrected chi connectivity index (χ2v) is 4.89. The first kappa shape index (κ1) is 11.5. The molecule has 0 bridgehead atoms. The van der Waals surface area contributed by atoms with Gasteiger partial charge in [0.2, 0.25) is 0 Å². The molecule has 96 valence electrons. The van der Waals surface area contributed by atoms with E-state index in [1.807, 2.05) is 18.2 Å². The first-order valence-electron chi connectivity index (χ1n) is 6.55. The summed E-state index contributed by atoms with van der Waals surface area (Å²) in [5, 5.41) is 12.5. The van der Waals surface area contributed by atoms with Gasteiger partial charge in [0.1, 0.15) is 0 Å². The minimum absolute atomic E-state index is 0.352. The second kappa shape index (κ2) is 4.98. The summed E-state index contributed by atoms with van der Waals surface area (Å²) in [5.41, 5.74) is 2.99. The van der Waals surface area contributed by atoms with E-state index in [2.05, 4.69) is 16.1 Å². The minimum Gasteiger partial charge on any atom is -0.411 e. The lowest BCUT2D eigenvalue weighted by Crippen LogP contribution is -2.37. The van der Waals surface area contributed by atoms with Gasteiger partial charge in [0, 0.05) is 37.4 Å². The first-order chi connectivity index (χ1) is 8.88. The van der Waals surface area contributed by atoms with Crippen LogP contribution in [-0.2, 0) is 4.74 Å². The van der Waals surface area contributed by atoms with Gasteiger partial charge in [-0.05, 0) is 18.9 Å². The van der Waals surface area contributed by atoms with E-state index in [1.54, 1.807) is 0 Å². The summed E-state index contributed by atoms with van der Waals surface area (Å²) in [7, 11) is 0. The highest BCUT2D eigenvalue weighted by atomic mass is 16.5. The first-order valence-corrected chi connectivity index (χ1v) is 6.55. The zero-order valence-corrected chi connectivity index (χ0v) is 10.4. The van der Waals surface area contributed by atoms with Crippen molar-refractivity contribution in [3.63, 3.8) is 0 Å². The molecule has 4 nitrogen and oxygen atoms in total. The maximum Gasteiger partial charge on any atom is 0.0906 e. The van der Waals surface area contributed by atoms with E-state index in [4.69, 9.17) is 9.94 Å². The van der Waals surface area contributed by atoms with Crippen LogP contribution in [0.5, 0.6) is 0 Å². The zero-order valence-electron chi connectivity index (χ0n) is 10.4. The van der Waals surface area contributed by atoms with Crippen LogP contribution in [0.15, 0.2) is 29.4 Å². The van der Waals surface area contributed by atoms with Crippen LogP contribution < -0.4 is 4.90 Å². The highest BCUT2D eigenvalue weighted by molar-refractivity contribution is 6.06. The molecule has 0 spiro atoms. The van der Waals surface area contributed by atoms with Crippen LogP contribution in [0.25, 0.3) is 0 Å². The second-order valence-electron chi connectivity index (χ2n) is 4.89. The van der Waals surface area contributed by atoms with E-state index in [1.165, 1.54) is 6.42 Å². The number of nitrogens with zero attached hydrogens (tertiary/aromatic N) is 2. The average molecular weight is 246 g/mol. The molecule has 2 aliphatic heterocycles. The van der Waals surface area contributed by atoms with E-state index in [9.17, 15) is 0 Å². The number of ether oxygens (including phenoxy) is 1. The van der Waals surface area contributed by atoms with Crippen LogP contribution in [0.1, 0.15) is 24.8 Å². The van der Waals surface area contributed by atoms with Crippen LogP contribution in [-0.4, -0.2) is 36.7 Å². The van der Waals surface area contributed by atoms with E-state index in [-0.39, 0.29) is 0 Å². The van der Waals surface area contributed by atoms with Gasteiger partial charge in [0.25, 0.3) is 0 Å². The van der Waals surface area contributed by atoms with E-state index in [0.29, 0.717) is 6.10 Å². The molecule has 1 N–H and O–H groups in total. The minimum atomic E-state index is 0.352. The third kappa shape index (κ3) is 2.08. The van der Waals surface area contributed by atoms with Crippen LogP contribution >= 0.6 is 0 Å². The molecule has 18 heavy (non-hydrogen) atoms. The Labute approximate surface area is 107 Å². The van der Waals surface area contributed by atoms with Crippen molar-refractivity contribution in [2.45, 2.75) is 25.4 Å². The van der Waals surface area contributed by atoms with Crippen LogP contribution in [0.2, 0.25) is 0 Å². The monoisotopic (exact) mass is 246 g/mol. The lowest BCUT2D eigenvalue weighted by molar-refractivity contribution is 0.115. The van der Waals surface area contributed by atoms with E-state index < -0.39 is 0 Å². The summed E-state index contributed by atoms with van der Waals surface area (Å²) in [5.74, 6) is 0. The topological polar surface area (TPSA) is 45.1 Å². The van der Waals surface area contributed by atoms with Crippen molar-refractivity contribution in [2.24, 2.45) is 5.16 Å². The Morgan fingerprint density at radius 2 is 2.28 bits per heavy atom. The molecule has 0 saturated carbocycles. The van der Waals surface area contributed by atoms with Gasteiger partial charge in [-0.2, -0.15) is 0 Å². The normalized spacial score (nSPS) is 25.4. The van der Waals surface area contributed by atoms with Crippen LogP contribution in [0.3, 0.4) is 0 Å². The Morgan fingerprint density at radius 3 is 3.06 bits per heavy atom. The van der Waals surface area contributed by atoms with Gasteiger partial charge in [0.15, 0.2) is 0 Å². The lowest BCUT2D eigenvalue weighted by atomic mass is 9.99. The summed E-state index contributed by atoms with van der Waals surface area (Å²) >= 11 is 0. The fraction of sp³-hybridized carbons (Fsp3) is 0.500. The van der Waals surface area contributed by atoms with Crippen molar-refractivity contribution in [1.82, 2.24) is 0 Å². The highest BCUT2D eigenvalue weighted by Gasteiger charge is 2.25. The number of hydrogen-bond acceptors (Lipinski definition) is 4. The van der Waals surface area contributed by atoms with Gasteiger partial charge in [0.05, 0.1) is 11.8 Å². The summed E-state index contributed by atoms with van der Waals surface area (Å²) in [4.78, 5) is 2.35. The molecule has 1 fully saturated rings. The molecule has 1 aromatic rings. The summed E-state index contributed by atoms with van der Waals surface area (Å²) in [6.07, 6.45) is 3.47. The van der Waals surface area contributed by atoms with Crippen molar-refractivity contribution in [1.29, 1.82) is 0 Å². The molecule has 1 saturated heterocycles. The smallest absolute Gasteiger partial charge is 0.0906 e. The molecule has 2 aliphatic rings. The standard InChI is InChI=1S/C14H18N2O2/c17-15-13-7-8-16(10-11-4-3-9-18-11)14-6-2-1-5-12(13)14/h1-2,5-6,11,17H,3-4,7-10H2. The van der Waals surface area contributed by atoms with Gasteiger partial charge in [-0.15, -0.1) is 0 Å². The van der Waals surface area contributed by atoms with Crippen LogP contribution in [0.4, 0.5) is 5.69 Å². The molecule has 3 rings (SSSR count). The van der Waals surface area contributed by atoms with Gasteiger partial charge < -0.3 is 14.8 Å². The Kier molecular flexibility index (Phi) is 3.19. The van der Waals surface area contributed by atoms with Crippen molar-refractivity contribution in [2.75, 3.05) is 24.6 Å². The third-order valence-corrected chi connectivity index (χ3v) is 3.74. The van der Waals surface area contributed by atoms with E-state index >= 15 is 0 Å². The summed E-state index contributed by atoms with van der Waals surface area (Å²) in [6, 6.07) is 8.13. The zero-order chi connectivity index (χ0) is 12.4. The molecular formula is C14H18N2O2. The van der Waals surface area contributed by atoms with Gasteiger partial charge in [-0.1, -0.05) is 23.4 Å². The highest BCUT2D eigenvalue weighted by Crippen LogP contribution is 2.28. The number of rotatable bonds is 2. The number of benzene rings is 1. The Bertz CT molecular complexity index is 453. The fourth-order valence-electron chi connectivity index (χ4n) is 2.82. The van der Waals surface area contributed by atoms with Crippen molar-refractivity contribution >= 4 is 11.4 Å². The predicted octanol–water partition coefficient (Wildman–Crippen LogP) is 2.25. The predicted molar refractivity (Wildman–Crippen MR) is 70.6 cm³/mol. The van der Waals surface area contributed by atoms with Gasteiger partial charge >= 0.3 is 0 Å². The molecule has 0 aromatic heterocycles. The Morgan fingerprint density at radius 1 is 1.39 bits per heavy atom. The molecule has 1 atom stereocenters. The summed E-state index contributed by atoms with van der Waals surface area (Å²) in [6.45, 7) is 2.73. The van der Waals surface area contributed by atoms with Gasteiger partial charge in [-0.3, -0.25) is 0 Å². The Hall–Kier alpha value is -1.55. The summed E-state index contributed by atoms with van der Waals surface area (Å²) < 4.78 is 5.70. The third-order valence-electron chi connectivity index (χ3n) is 3.74. The number of anilines is 1. The maximum atomic E-state index is 9.05. The van der Waals surface area contributed by atoms with Gasteiger partial charge in [-0.25, -0.2) is 0 Å². The molecular weight excluding hydrogens is 228 g/mol. The molecule has 4 heteroatoms. The number of hydrogen-bond donors (Lipinski definition) is 1. The Balaban J connectivity index is 1.84. The van der Waals surface area contributed by atoms with Crippen molar-refractivity contribution < 1.29 is 9.94 Å². The largest absolute Gasteiger partial charge is 0.411 e.